The first-order valence-electron chi connectivity index (χ1n) is 9.21. The van der Waals surface area contributed by atoms with Crippen molar-refractivity contribution in [1.82, 2.24) is 14.2 Å². The number of amides is 1. The summed E-state index contributed by atoms with van der Waals surface area (Å²) in [6.45, 7) is 1.70. The molecule has 7 nitrogen and oxygen atoms in total. The van der Waals surface area contributed by atoms with Crippen LogP contribution in [0.5, 0.6) is 0 Å². The largest absolute Gasteiger partial charge is 0.343 e. The number of pyridine rings is 1. The van der Waals surface area contributed by atoms with Gasteiger partial charge >= 0.3 is 0 Å². The van der Waals surface area contributed by atoms with Crippen LogP contribution in [0.1, 0.15) is 22.0 Å². The first-order chi connectivity index (χ1) is 14.2. The number of rotatable bonds is 7. The maximum atomic E-state index is 12.8. The van der Waals surface area contributed by atoms with E-state index in [-0.39, 0.29) is 17.5 Å². The number of nitrogens with zero attached hydrogens (tertiary/aromatic N) is 2. The lowest BCUT2D eigenvalue weighted by Gasteiger charge is -2.19. The summed E-state index contributed by atoms with van der Waals surface area (Å²) in [6.07, 6.45) is 1.20. The standard InChI is InChI=1S/C21H23N3O4S2/c1-15-6-8-16(9-7-15)21(18-5-4-12-29-18)22-19(25)14-24-13-17(10-11-20(24)26)30(27,28)23(2)3/h4-13,21H,14H2,1-3H3,(H,22,25). The number of benzene rings is 1. The van der Waals surface area contributed by atoms with E-state index in [1.807, 2.05) is 48.7 Å². The van der Waals surface area contributed by atoms with Crippen molar-refractivity contribution in [2.45, 2.75) is 24.4 Å². The Morgan fingerprint density at radius 1 is 1.13 bits per heavy atom. The van der Waals surface area contributed by atoms with Gasteiger partial charge in [0.2, 0.25) is 15.9 Å². The Morgan fingerprint density at radius 2 is 1.83 bits per heavy atom. The zero-order valence-corrected chi connectivity index (χ0v) is 18.5. The predicted octanol–water partition coefficient (Wildman–Crippen LogP) is 2.37. The van der Waals surface area contributed by atoms with Crippen molar-refractivity contribution in [2.24, 2.45) is 0 Å². The predicted molar refractivity (Wildman–Crippen MR) is 117 cm³/mol. The van der Waals surface area contributed by atoms with Crippen LogP contribution >= 0.6 is 11.3 Å². The highest BCUT2D eigenvalue weighted by atomic mass is 32.2. The van der Waals surface area contributed by atoms with E-state index in [9.17, 15) is 18.0 Å². The van der Waals surface area contributed by atoms with Crippen LogP contribution in [0.4, 0.5) is 0 Å². The summed E-state index contributed by atoms with van der Waals surface area (Å²) in [5.74, 6) is -0.393. The fourth-order valence-electron chi connectivity index (χ4n) is 2.89. The Labute approximate surface area is 179 Å². The second kappa shape index (κ2) is 8.95. The minimum absolute atomic E-state index is 0.0479. The molecule has 9 heteroatoms. The molecule has 158 valence electrons. The molecule has 1 amide bonds. The molecule has 0 aliphatic heterocycles. The average Bonchev–Trinajstić information content (AvgIpc) is 3.23. The zero-order chi connectivity index (χ0) is 21.9. The number of aryl methyl sites for hydroxylation is 1. The van der Waals surface area contributed by atoms with Gasteiger partial charge in [0.1, 0.15) is 6.54 Å². The minimum Gasteiger partial charge on any atom is -0.343 e. The van der Waals surface area contributed by atoms with Gasteiger partial charge in [0, 0.05) is 31.2 Å². The molecule has 0 saturated carbocycles. The van der Waals surface area contributed by atoms with Gasteiger partial charge in [0.05, 0.1) is 10.9 Å². The van der Waals surface area contributed by atoms with Gasteiger partial charge in [0.15, 0.2) is 0 Å². The zero-order valence-electron chi connectivity index (χ0n) is 16.9. The molecule has 2 aromatic heterocycles. The number of thiophene rings is 1. The molecule has 3 aromatic rings. The molecule has 2 heterocycles. The number of sulfonamides is 1. The smallest absolute Gasteiger partial charge is 0.251 e. The van der Waals surface area contributed by atoms with E-state index >= 15 is 0 Å². The van der Waals surface area contributed by atoms with Gasteiger partial charge in [-0.2, -0.15) is 0 Å². The molecular weight excluding hydrogens is 422 g/mol. The summed E-state index contributed by atoms with van der Waals surface area (Å²) in [6, 6.07) is 13.7. The van der Waals surface area contributed by atoms with Crippen LogP contribution in [0.2, 0.25) is 0 Å². The molecule has 0 bridgehead atoms. The monoisotopic (exact) mass is 445 g/mol. The third-order valence-electron chi connectivity index (χ3n) is 4.59. The van der Waals surface area contributed by atoms with Crippen molar-refractivity contribution in [2.75, 3.05) is 14.1 Å². The molecule has 0 aliphatic carbocycles. The average molecular weight is 446 g/mol. The highest BCUT2D eigenvalue weighted by Gasteiger charge is 2.21. The summed E-state index contributed by atoms with van der Waals surface area (Å²) < 4.78 is 26.8. The summed E-state index contributed by atoms with van der Waals surface area (Å²) in [5, 5.41) is 4.90. The lowest BCUT2D eigenvalue weighted by atomic mass is 10.0. The van der Waals surface area contributed by atoms with Crippen LogP contribution in [-0.4, -0.2) is 37.3 Å². The molecular formula is C21H23N3O4S2. The summed E-state index contributed by atoms with van der Waals surface area (Å²) in [5.41, 5.74) is 1.58. The minimum atomic E-state index is -3.71. The quantitative estimate of drug-likeness (QED) is 0.605. The maximum absolute atomic E-state index is 12.8. The highest BCUT2D eigenvalue weighted by molar-refractivity contribution is 7.89. The molecule has 0 spiro atoms. The second-order valence-corrected chi connectivity index (χ2v) is 10.2. The summed E-state index contributed by atoms with van der Waals surface area (Å²) in [4.78, 5) is 25.9. The van der Waals surface area contributed by atoms with Gasteiger partial charge in [-0.25, -0.2) is 12.7 Å². The van der Waals surface area contributed by atoms with Crippen molar-refractivity contribution in [3.63, 3.8) is 0 Å². The number of aromatic nitrogens is 1. The molecule has 30 heavy (non-hydrogen) atoms. The lowest BCUT2D eigenvalue weighted by Crippen LogP contribution is -2.35. The molecule has 0 radical (unpaired) electrons. The van der Waals surface area contributed by atoms with Crippen LogP contribution in [0, 0.1) is 6.92 Å². The molecule has 0 aliphatic rings. The first kappa shape index (κ1) is 21.9. The van der Waals surface area contributed by atoms with Gasteiger partial charge in [-0.05, 0) is 30.0 Å². The highest BCUT2D eigenvalue weighted by Crippen LogP contribution is 2.26. The van der Waals surface area contributed by atoms with E-state index in [4.69, 9.17) is 0 Å². The molecule has 1 unspecified atom stereocenters. The summed E-state index contributed by atoms with van der Waals surface area (Å²) in [7, 11) is -0.899. The lowest BCUT2D eigenvalue weighted by molar-refractivity contribution is -0.122. The van der Waals surface area contributed by atoms with Crippen LogP contribution in [0.3, 0.4) is 0 Å². The maximum Gasteiger partial charge on any atom is 0.251 e. The van der Waals surface area contributed by atoms with E-state index in [1.165, 1.54) is 37.7 Å². The number of hydrogen-bond donors (Lipinski definition) is 1. The molecule has 1 atom stereocenters. The number of nitrogens with one attached hydrogen (secondary N) is 1. The van der Waals surface area contributed by atoms with E-state index < -0.39 is 21.5 Å². The third kappa shape index (κ3) is 4.86. The van der Waals surface area contributed by atoms with Gasteiger partial charge < -0.3 is 9.88 Å². The van der Waals surface area contributed by atoms with Crippen molar-refractivity contribution in [3.05, 3.63) is 86.5 Å². The number of hydrogen-bond acceptors (Lipinski definition) is 5. The van der Waals surface area contributed by atoms with E-state index in [1.54, 1.807) is 0 Å². The fraction of sp³-hybridized carbons (Fsp3) is 0.238. The fourth-order valence-corrected chi connectivity index (χ4v) is 4.62. The Bertz CT molecular complexity index is 1180. The van der Waals surface area contributed by atoms with Crippen molar-refractivity contribution in [3.8, 4) is 0 Å². The second-order valence-electron chi connectivity index (χ2n) is 7.04. The van der Waals surface area contributed by atoms with E-state index in [2.05, 4.69) is 5.32 Å². The molecule has 3 rings (SSSR count). The van der Waals surface area contributed by atoms with E-state index in [0.717, 1.165) is 30.9 Å². The number of carbonyl (C=O) groups excluding carboxylic acids is 1. The molecule has 0 fully saturated rings. The molecule has 1 aromatic carbocycles. The van der Waals surface area contributed by atoms with Crippen molar-refractivity contribution < 1.29 is 13.2 Å². The Morgan fingerprint density at radius 3 is 2.43 bits per heavy atom. The summed E-state index contributed by atoms with van der Waals surface area (Å²) >= 11 is 1.52. The van der Waals surface area contributed by atoms with E-state index in [0.29, 0.717) is 0 Å². The van der Waals surface area contributed by atoms with Gasteiger partial charge in [-0.1, -0.05) is 35.9 Å². The van der Waals surface area contributed by atoms with Gasteiger partial charge in [-0.15, -0.1) is 11.3 Å². The SMILES string of the molecule is Cc1ccc(C(NC(=O)Cn2cc(S(=O)(=O)N(C)C)ccc2=O)c2cccs2)cc1. The topological polar surface area (TPSA) is 88.5 Å². The number of carbonyl (C=O) groups is 1. The van der Waals surface area contributed by atoms with Gasteiger partial charge in [0.25, 0.3) is 5.56 Å². The normalized spacial score (nSPS) is 12.7. The Balaban J connectivity index is 1.86. The van der Waals surface area contributed by atoms with Gasteiger partial charge in [-0.3, -0.25) is 9.59 Å². The van der Waals surface area contributed by atoms with Crippen molar-refractivity contribution >= 4 is 27.3 Å². The van der Waals surface area contributed by atoms with Crippen LogP contribution < -0.4 is 10.9 Å². The third-order valence-corrected chi connectivity index (χ3v) is 7.33. The first-order valence-corrected chi connectivity index (χ1v) is 11.5. The Kier molecular flexibility index (Phi) is 6.55. The molecule has 0 saturated heterocycles. The van der Waals surface area contributed by atoms with Crippen LogP contribution in [0.15, 0.2) is 69.8 Å². The van der Waals surface area contributed by atoms with Crippen LogP contribution in [0.25, 0.3) is 0 Å². The van der Waals surface area contributed by atoms with Crippen molar-refractivity contribution in [1.29, 1.82) is 0 Å². The molecule has 1 N–H and O–H groups in total. The van der Waals surface area contributed by atoms with Crippen LogP contribution in [-0.2, 0) is 21.4 Å². The Hall–Kier alpha value is -2.75.